The number of aliphatic imine (C=N–C) groups is 1. The molecule has 6 heteroatoms. The number of nitrogens with zero attached hydrogens (tertiary/aromatic N) is 2. The highest BCUT2D eigenvalue weighted by molar-refractivity contribution is 14.0. The van der Waals surface area contributed by atoms with Crippen molar-refractivity contribution in [2.24, 2.45) is 4.99 Å². The second-order valence-electron chi connectivity index (χ2n) is 6.04. The number of guanidine groups is 1. The smallest absolute Gasteiger partial charge is 0.191 e. The minimum absolute atomic E-state index is 0. The first-order valence-corrected chi connectivity index (χ1v) is 9.79. The third-order valence-electron chi connectivity index (χ3n) is 4.21. The molecule has 2 fully saturated rings. The molecule has 0 aromatic carbocycles. The number of likely N-dealkylation sites (tertiary alicyclic amines) is 1. The van der Waals surface area contributed by atoms with Crippen LogP contribution in [-0.4, -0.2) is 61.1 Å². The van der Waals surface area contributed by atoms with Gasteiger partial charge in [0, 0.05) is 18.3 Å². The summed E-state index contributed by atoms with van der Waals surface area (Å²) in [5, 5.41) is 7.58. The lowest BCUT2D eigenvalue weighted by atomic mass is 10.2. The van der Waals surface area contributed by atoms with Crippen LogP contribution in [0.1, 0.15) is 45.4 Å². The van der Waals surface area contributed by atoms with E-state index in [2.05, 4.69) is 34.2 Å². The van der Waals surface area contributed by atoms with Crippen molar-refractivity contribution in [1.82, 2.24) is 15.5 Å². The van der Waals surface area contributed by atoms with Gasteiger partial charge >= 0.3 is 0 Å². The maximum absolute atomic E-state index is 4.73. The van der Waals surface area contributed by atoms with Gasteiger partial charge in [-0.15, -0.1) is 24.0 Å². The van der Waals surface area contributed by atoms with Crippen molar-refractivity contribution in [1.29, 1.82) is 0 Å². The summed E-state index contributed by atoms with van der Waals surface area (Å²) in [5.74, 6) is 2.33. The Kier molecular flexibility index (Phi) is 11.7. The van der Waals surface area contributed by atoms with Crippen molar-refractivity contribution in [3.63, 3.8) is 0 Å². The summed E-state index contributed by atoms with van der Waals surface area (Å²) in [6.07, 6.45) is 8.03. The summed E-state index contributed by atoms with van der Waals surface area (Å²) >= 11 is 2.08. The van der Waals surface area contributed by atoms with Crippen molar-refractivity contribution in [2.75, 3.05) is 45.0 Å². The standard InChI is InChI=1S/C16H32N4S.HI/c1-2-17-16(19-14-15-8-7-13-21-15)18-9-3-4-10-20-11-5-6-12-20;/h15H,2-14H2,1H3,(H2,17,18,19);1H. The molecule has 4 nitrogen and oxygen atoms in total. The molecule has 2 saturated heterocycles. The first kappa shape index (κ1) is 20.4. The summed E-state index contributed by atoms with van der Waals surface area (Å²) in [5.41, 5.74) is 0. The fourth-order valence-electron chi connectivity index (χ4n) is 3.00. The largest absolute Gasteiger partial charge is 0.357 e. The molecule has 0 amide bonds. The summed E-state index contributed by atoms with van der Waals surface area (Å²) in [7, 11) is 0. The molecule has 2 heterocycles. The van der Waals surface area contributed by atoms with Crippen molar-refractivity contribution in [2.45, 2.75) is 50.7 Å². The normalized spacial score (nSPS) is 22.6. The number of hydrogen-bond acceptors (Lipinski definition) is 3. The van der Waals surface area contributed by atoms with Gasteiger partial charge in [0.25, 0.3) is 0 Å². The number of unbranched alkanes of at least 4 members (excludes halogenated alkanes) is 1. The van der Waals surface area contributed by atoms with Crippen molar-refractivity contribution >= 4 is 41.7 Å². The van der Waals surface area contributed by atoms with E-state index in [4.69, 9.17) is 4.99 Å². The lowest BCUT2D eigenvalue weighted by molar-refractivity contribution is 0.330. The Balaban J connectivity index is 0.00000242. The van der Waals surface area contributed by atoms with Crippen molar-refractivity contribution < 1.29 is 0 Å². The Morgan fingerprint density at radius 3 is 2.68 bits per heavy atom. The molecule has 22 heavy (non-hydrogen) atoms. The Morgan fingerprint density at radius 1 is 1.18 bits per heavy atom. The third kappa shape index (κ3) is 8.24. The van der Waals surface area contributed by atoms with Crippen LogP contribution in [0.2, 0.25) is 0 Å². The molecular formula is C16H33IN4S. The molecule has 0 radical (unpaired) electrons. The Morgan fingerprint density at radius 2 is 2.00 bits per heavy atom. The highest BCUT2D eigenvalue weighted by Gasteiger charge is 2.15. The van der Waals surface area contributed by atoms with E-state index in [0.717, 1.165) is 30.8 Å². The van der Waals surface area contributed by atoms with Crippen molar-refractivity contribution in [3.8, 4) is 0 Å². The molecule has 0 spiro atoms. The topological polar surface area (TPSA) is 39.7 Å². The molecule has 2 rings (SSSR count). The molecule has 130 valence electrons. The number of nitrogens with one attached hydrogen (secondary N) is 2. The summed E-state index contributed by atoms with van der Waals surface area (Å²) < 4.78 is 0. The van der Waals surface area contributed by atoms with Crippen LogP contribution < -0.4 is 10.6 Å². The number of rotatable bonds is 8. The lowest BCUT2D eigenvalue weighted by Crippen LogP contribution is -2.38. The van der Waals surface area contributed by atoms with Crippen LogP contribution in [0, 0.1) is 0 Å². The zero-order chi connectivity index (χ0) is 14.8. The molecule has 2 aliphatic rings. The second kappa shape index (κ2) is 12.7. The maximum atomic E-state index is 4.73. The van der Waals surface area contributed by atoms with Gasteiger partial charge in [0.2, 0.25) is 0 Å². The van der Waals surface area contributed by atoms with Crippen molar-refractivity contribution in [3.05, 3.63) is 0 Å². The first-order chi connectivity index (χ1) is 10.4. The summed E-state index contributed by atoms with van der Waals surface area (Å²) in [6.45, 7) is 8.98. The van der Waals surface area contributed by atoms with Crippen LogP contribution in [0.3, 0.4) is 0 Å². The van der Waals surface area contributed by atoms with Gasteiger partial charge in [-0.3, -0.25) is 4.99 Å². The molecule has 0 saturated carbocycles. The maximum Gasteiger partial charge on any atom is 0.191 e. The van der Waals surface area contributed by atoms with Crippen LogP contribution in [0.4, 0.5) is 0 Å². The van der Waals surface area contributed by atoms with E-state index in [1.807, 2.05) is 0 Å². The predicted octanol–water partition coefficient (Wildman–Crippen LogP) is 2.93. The van der Waals surface area contributed by atoms with Gasteiger partial charge < -0.3 is 15.5 Å². The fraction of sp³-hybridized carbons (Fsp3) is 0.938. The molecule has 1 unspecified atom stereocenters. The second-order valence-corrected chi connectivity index (χ2v) is 7.45. The van der Waals surface area contributed by atoms with Crippen LogP contribution in [0.25, 0.3) is 0 Å². The van der Waals surface area contributed by atoms with E-state index in [0.29, 0.717) is 0 Å². The lowest BCUT2D eigenvalue weighted by Gasteiger charge is -2.15. The SMILES string of the molecule is CCNC(=NCC1CCCS1)NCCCCN1CCCC1.I. The molecule has 0 aromatic rings. The van der Waals surface area contributed by atoms with Crippen LogP contribution in [0.15, 0.2) is 4.99 Å². The fourth-order valence-corrected chi connectivity index (χ4v) is 4.18. The number of halogens is 1. The van der Waals surface area contributed by atoms with E-state index in [-0.39, 0.29) is 24.0 Å². The Bertz CT molecular complexity index is 303. The zero-order valence-corrected chi connectivity index (χ0v) is 17.1. The van der Waals surface area contributed by atoms with Gasteiger partial charge in [-0.1, -0.05) is 0 Å². The molecule has 0 aromatic heterocycles. The summed E-state index contributed by atoms with van der Waals surface area (Å²) in [4.78, 5) is 7.33. The zero-order valence-electron chi connectivity index (χ0n) is 14.0. The molecule has 2 N–H and O–H groups in total. The van der Waals surface area contributed by atoms with E-state index < -0.39 is 0 Å². The minimum atomic E-state index is 0. The molecule has 0 aliphatic carbocycles. The van der Waals surface area contributed by atoms with Gasteiger partial charge in [-0.25, -0.2) is 0 Å². The highest BCUT2D eigenvalue weighted by Crippen LogP contribution is 2.25. The minimum Gasteiger partial charge on any atom is -0.357 e. The van der Waals surface area contributed by atoms with E-state index in [9.17, 15) is 0 Å². The predicted molar refractivity (Wildman–Crippen MR) is 110 cm³/mol. The van der Waals surface area contributed by atoms with Crippen LogP contribution in [-0.2, 0) is 0 Å². The average Bonchev–Trinajstić information content (AvgIpc) is 3.17. The molecule has 2 aliphatic heterocycles. The average molecular weight is 440 g/mol. The monoisotopic (exact) mass is 440 g/mol. The Labute approximate surface area is 157 Å². The first-order valence-electron chi connectivity index (χ1n) is 8.74. The Hall–Kier alpha value is 0.310. The van der Waals surface area contributed by atoms with Crippen LogP contribution in [0.5, 0.6) is 0 Å². The van der Waals surface area contributed by atoms with Gasteiger partial charge in [-0.05, 0) is 70.8 Å². The van der Waals surface area contributed by atoms with Gasteiger partial charge in [0.15, 0.2) is 5.96 Å². The van der Waals surface area contributed by atoms with Gasteiger partial charge in [0.05, 0.1) is 6.54 Å². The van der Waals surface area contributed by atoms with Crippen LogP contribution >= 0.6 is 35.7 Å². The molecule has 1 atom stereocenters. The van der Waals surface area contributed by atoms with E-state index in [1.165, 1.54) is 63.9 Å². The third-order valence-corrected chi connectivity index (χ3v) is 5.59. The van der Waals surface area contributed by atoms with Gasteiger partial charge in [0.1, 0.15) is 0 Å². The summed E-state index contributed by atoms with van der Waals surface area (Å²) in [6, 6.07) is 0. The highest BCUT2D eigenvalue weighted by atomic mass is 127. The number of thioether (sulfide) groups is 1. The number of hydrogen-bond donors (Lipinski definition) is 2. The van der Waals surface area contributed by atoms with E-state index in [1.54, 1.807) is 0 Å². The molecular weight excluding hydrogens is 407 g/mol. The molecule has 0 bridgehead atoms. The quantitative estimate of drug-likeness (QED) is 0.264. The van der Waals surface area contributed by atoms with E-state index >= 15 is 0 Å². The van der Waals surface area contributed by atoms with Gasteiger partial charge in [-0.2, -0.15) is 11.8 Å².